The number of anilines is 1. The molecule has 0 amide bonds. The van der Waals surface area contributed by atoms with Crippen LogP contribution in [0.1, 0.15) is 25.0 Å². The molecule has 0 atom stereocenters. The number of aryl methyl sites for hydroxylation is 1. The average molecular weight is 267 g/mol. The second-order valence-electron chi connectivity index (χ2n) is 4.61. The van der Waals surface area contributed by atoms with E-state index in [2.05, 4.69) is 24.1 Å². The van der Waals surface area contributed by atoms with Crippen LogP contribution in [-0.4, -0.2) is 29.7 Å². The first-order chi connectivity index (χ1) is 8.52. The molecule has 0 saturated carbocycles. The highest BCUT2D eigenvalue weighted by Gasteiger charge is 2.09. The highest BCUT2D eigenvalue weighted by atomic mass is 32.1. The lowest BCUT2D eigenvalue weighted by atomic mass is 10.1. The quantitative estimate of drug-likeness (QED) is 0.585. The van der Waals surface area contributed by atoms with Gasteiger partial charge in [-0.25, -0.2) is 4.98 Å². The molecular formula is C13H21N3OS. The Kier molecular flexibility index (Phi) is 6.01. The second-order valence-corrected chi connectivity index (χ2v) is 5.05. The summed E-state index contributed by atoms with van der Waals surface area (Å²) in [5.41, 5.74) is 7.55. The summed E-state index contributed by atoms with van der Waals surface area (Å²) in [4.78, 5) is 4.63. The lowest BCUT2D eigenvalue weighted by Crippen LogP contribution is -2.18. The van der Waals surface area contributed by atoms with E-state index in [4.69, 9.17) is 22.7 Å². The Bertz CT molecular complexity index is 407. The zero-order valence-electron chi connectivity index (χ0n) is 11.2. The third kappa shape index (κ3) is 4.58. The molecule has 0 aliphatic heterocycles. The van der Waals surface area contributed by atoms with Gasteiger partial charge in [0.1, 0.15) is 10.8 Å². The minimum atomic E-state index is 0.367. The molecule has 4 nitrogen and oxygen atoms in total. The summed E-state index contributed by atoms with van der Waals surface area (Å²) in [7, 11) is 0. The van der Waals surface area contributed by atoms with E-state index in [9.17, 15) is 0 Å². The zero-order chi connectivity index (χ0) is 13.5. The summed E-state index contributed by atoms with van der Waals surface area (Å²) in [5, 5.41) is 3.21. The Hall–Kier alpha value is -1.20. The van der Waals surface area contributed by atoms with Crippen LogP contribution < -0.4 is 11.1 Å². The van der Waals surface area contributed by atoms with E-state index in [0.29, 0.717) is 24.1 Å². The molecule has 3 N–H and O–H groups in total. The number of nitrogens with zero attached hydrogens (tertiary/aromatic N) is 1. The van der Waals surface area contributed by atoms with Gasteiger partial charge in [-0.3, -0.25) is 0 Å². The van der Waals surface area contributed by atoms with Crippen LogP contribution in [0.25, 0.3) is 0 Å². The first-order valence-corrected chi connectivity index (χ1v) is 6.50. The number of ether oxygens (including phenoxy) is 1. The average Bonchev–Trinajstić information content (AvgIpc) is 2.27. The largest absolute Gasteiger partial charge is 0.389 e. The van der Waals surface area contributed by atoms with E-state index < -0.39 is 0 Å². The third-order valence-electron chi connectivity index (χ3n) is 2.40. The van der Waals surface area contributed by atoms with Crippen LogP contribution in [0, 0.1) is 12.8 Å². The highest BCUT2D eigenvalue weighted by molar-refractivity contribution is 7.80. The van der Waals surface area contributed by atoms with Gasteiger partial charge in [-0.15, -0.1) is 0 Å². The summed E-state index contributed by atoms with van der Waals surface area (Å²) in [5.74, 6) is 1.28. The molecule has 0 aliphatic rings. The first-order valence-electron chi connectivity index (χ1n) is 6.09. The molecule has 1 rings (SSSR count). The van der Waals surface area contributed by atoms with Gasteiger partial charge in [0.25, 0.3) is 0 Å². The van der Waals surface area contributed by atoms with Crippen LogP contribution in [0.4, 0.5) is 5.82 Å². The van der Waals surface area contributed by atoms with Crippen molar-refractivity contribution >= 4 is 23.0 Å². The minimum Gasteiger partial charge on any atom is -0.389 e. The number of nitrogens with one attached hydrogen (secondary N) is 1. The van der Waals surface area contributed by atoms with E-state index in [0.717, 1.165) is 23.6 Å². The van der Waals surface area contributed by atoms with E-state index in [1.807, 2.05) is 13.0 Å². The Labute approximate surface area is 114 Å². The van der Waals surface area contributed by atoms with E-state index >= 15 is 0 Å². The van der Waals surface area contributed by atoms with Crippen LogP contribution in [0.2, 0.25) is 0 Å². The maximum atomic E-state index is 5.71. The summed E-state index contributed by atoms with van der Waals surface area (Å²) < 4.78 is 5.49. The fourth-order valence-corrected chi connectivity index (χ4v) is 1.82. The fourth-order valence-electron chi connectivity index (χ4n) is 1.56. The van der Waals surface area contributed by atoms with Gasteiger partial charge in [0.2, 0.25) is 0 Å². The molecule has 1 aromatic heterocycles. The molecule has 1 heterocycles. The van der Waals surface area contributed by atoms with Crippen molar-refractivity contribution < 1.29 is 4.74 Å². The number of nitrogens with two attached hydrogens (primary N) is 1. The smallest absolute Gasteiger partial charge is 0.136 e. The monoisotopic (exact) mass is 267 g/mol. The molecular weight excluding hydrogens is 246 g/mol. The maximum absolute atomic E-state index is 5.71. The third-order valence-corrected chi connectivity index (χ3v) is 2.60. The van der Waals surface area contributed by atoms with Crippen molar-refractivity contribution in [2.75, 3.05) is 25.1 Å². The molecule has 100 valence electrons. The molecule has 0 fully saturated rings. The molecule has 18 heavy (non-hydrogen) atoms. The summed E-state index contributed by atoms with van der Waals surface area (Å²) in [6.07, 6.45) is 1.74. The predicted octanol–water partition coefficient (Wildman–Crippen LogP) is 2.11. The van der Waals surface area contributed by atoms with Crippen molar-refractivity contribution in [1.29, 1.82) is 0 Å². The van der Waals surface area contributed by atoms with Crippen molar-refractivity contribution in [2.24, 2.45) is 11.7 Å². The van der Waals surface area contributed by atoms with Crippen LogP contribution >= 0.6 is 12.2 Å². The van der Waals surface area contributed by atoms with Crippen LogP contribution in [0.15, 0.2) is 12.3 Å². The van der Waals surface area contributed by atoms with Gasteiger partial charge < -0.3 is 15.8 Å². The number of hydrogen-bond donors (Lipinski definition) is 2. The normalized spacial score (nSPS) is 10.7. The van der Waals surface area contributed by atoms with Crippen LogP contribution in [-0.2, 0) is 4.74 Å². The van der Waals surface area contributed by atoms with Crippen LogP contribution in [0.5, 0.6) is 0 Å². The van der Waals surface area contributed by atoms with E-state index in [1.54, 1.807) is 6.20 Å². The summed E-state index contributed by atoms with van der Waals surface area (Å²) >= 11 is 5.04. The topological polar surface area (TPSA) is 60.2 Å². The Morgan fingerprint density at radius 1 is 1.56 bits per heavy atom. The molecule has 0 aliphatic carbocycles. The minimum absolute atomic E-state index is 0.367. The number of rotatable bonds is 7. The lowest BCUT2D eigenvalue weighted by Gasteiger charge is -2.12. The summed E-state index contributed by atoms with van der Waals surface area (Å²) in [6.45, 7) is 8.33. The number of aromatic nitrogens is 1. The van der Waals surface area contributed by atoms with E-state index in [1.165, 1.54) is 0 Å². The van der Waals surface area contributed by atoms with Gasteiger partial charge in [0.15, 0.2) is 0 Å². The van der Waals surface area contributed by atoms with Crippen molar-refractivity contribution in [3.05, 3.63) is 23.4 Å². The molecule has 0 bridgehead atoms. The van der Waals surface area contributed by atoms with Crippen LogP contribution in [0.3, 0.4) is 0 Å². The molecule has 1 aromatic rings. The Morgan fingerprint density at radius 3 is 2.89 bits per heavy atom. The van der Waals surface area contributed by atoms with E-state index in [-0.39, 0.29) is 0 Å². The van der Waals surface area contributed by atoms with Gasteiger partial charge in [-0.05, 0) is 24.5 Å². The number of hydrogen-bond acceptors (Lipinski definition) is 4. The lowest BCUT2D eigenvalue weighted by molar-refractivity contribution is 0.118. The predicted molar refractivity (Wildman–Crippen MR) is 79.0 cm³/mol. The number of pyridine rings is 1. The maximum Gasteiger partial charge on any atom is 0.136 e. The van der Waals surface area contributed by atoms with Gasteiger partial charge in [0, 0.05) is 19.3 Å². The fraction of sp³-hybridized carbons (Fsp3) is 0.538. The SMILES string of the molecule is Cc1ccnc(NCCOCC(C)C)c1C(N)=S. The molecule has 0 saturated heterocycles. The first kappa shape index (κ1) is 14.9. The van der Waals surface area contributed by atoms with Gasteiger partial charge in [-0.2, -0.15) is 0 Å². The molecule has 0 unspecified atom stereocenters. The Balaban J connectivity index is 2.52. The molecule has 0 aromatic carbocycles. The summed E-state index contributed by atoms with van der Waals surface area (Å²) in [6, 6.07) is 1.90. The standard InChI is InChI=1S/C13H21N3OS/c1-9(2)8-17-7-6-16-13-11(12(14)18)10(3)4-5-15-13/h4-5,9H,6-8H2,1-3H3,(H2,14,18)(H,15,16). The van der Waals surface area contributed by atoms with Crippen molar-refractivity contribution in [3.8, 4) is 0 Å². The Morgan fingerprint density at radius 2 is 2.28 bits per heavy atom. The highest BCUT2D eigenvalue weighted by Crippen LogP contribution is 2.15. The second kappa shape index (κ2) is 7.28. The van der Waals surface area contributed by atoms with Gasteiger partial charge in [0.05, 0.1) is 12.2 Å². The van der Waals surface area contributed by atoms with Crippen molar-refractivity contribution in [2.45, 2.75) is 20.8 Å². The molecule has 5 heteroatoms. The molecule has 0 radical (unpaired) electrons. The zero-order valence-corrected chi connectivity index (χ0v) is 12.0. The van der Waals surface area contributed by atoms with Gasteiger partial charge in [-0.1, -0.05) is 26.1 Å². The molecule has 0 spiro atoms. The van der Waals surface area contributed by atoms with Crippen molar-refractivity contribution in [3.63, 3.8) is 0 Å². The van der Waals surface area contributed by atoms with Crippen molar-refractivity contribution in [1.82, 2.24) is 4.98 Å². The van der Waals surface area contributed by atoms with Gasteiger partial charge >= 0.3 is 0 Å². The number of thiocarbonyl (C=S) groups is 1.